The fourth-order valence-corrected chi connectivity index (χ4v) is 1.16. The van der Waals surface area contributed by atoms with E-state index in [1.165, 1.54) is 0 Å². The summed E-state index contributed by atoms with van der Waals surface area (Å²) < 4.78 is 5.31. The van der Waals surface area contributed by atoms with Gasteiger partial charge in [-0.2, -0.15) is 0 Å². The van der Waals surface area contributed by atoms with Gasteiger partial charge in [-0.3, -0.25) is 5.84 Å². The third kappa shape index (κ3) is 1.50. The van der Waals surface area contributed by atoms with E-state index in [-0.39, 0.29) is 6.04 Å². The summed E-state index contributed by atoms with van der Waals surface area (Å²) in [5.41, 5.74) is 3.45. The van der Waals surface area contributed by atoms with Crippen molar-refractivity contribution in [1.29, 1.82) is 0 Å². The van der Waals surface area contributed by atoms with Gasteiger partial charge in [0.15, 0.2) is 0 Å². The van der Waals surface area contributed by atoms with Gasteiger partial charge in [0.2, 0.25) is 0 Å². The van der Waals surface area contributed by atoms with Crippen LogP contribution in [0, 0.1) is 26.2 Å². The fraction of sp³-hybridized carbons (Fsp3) is 0.333. The molecular formula is C9H12N2O. The van der Waals surface area contributed by atoms with Crippen LogP contribution < -0.4 is 11.3 Å². The molecule has 0 radical (unpaired) electrons. The lowest BCUT2D eigenvalue weighted by atomic mass is 10.1. The third-order valence-electron chi connectivity index (χ3n) is 1.72. The van der Waals surface area contributed by atoms with Crippen molar-refractivity contribution in [2.75, 3.05) is 0 Å². The zero-order chi connectivity index (χ0) is 9.14. The Labute approximate surface area is 71.9 Å². The summed E-state index contributed by atoms with van der Waals surface area (Å²) in [5, 5.41) is 0. The SMILES string of the molecule is C#CC(NN)c1cc(C)oc1C. The third-order valence-corrected chi connectivity index (χ3v) is 1.72. The Balaban J connectivity index is 3.02. The predicted molar refractivity (Wildman–Crippen MR) is 47.1 cm³/mol. The maximum atomic E-state index is 5.31. The van der Waals surface area contributed by atoms with Crippen LogP contribution in [0.2, 0.25) is 0 Å². The van der Waals surface area contributed by atoms with E-state index in [9.17, 15) is 0 Å². The van der Waals surface area contributed by atoms with Crippen molar-refractivity contribution in [3.05, 3.63) is 23.2 Å². The van der Waals surface area contributed by atoms with Crippen molar-refractivity contribution in [2.24, 2.45) is 5.84 Å². The molecule has 1 heterocycles. The minimum absolute atomic E-state index is 0.262. The van der Waals surface area contributed by atoms with Gasteiger partial charge in [-0.15, -0.1) is 6.42 Å². The minimum Gasteiger partial charge on any atom is -0.466 e. The van der Waals surface area contributed by atoms with E-state index < -0.39 is 0 Å². The van der Waals surface area contributed by atoms with Crippen LogP contribution in [-0.2, 0) is 0 Å². The number of aryl methyl sites for hydroxylation is 2. The molecule has 1 aromatic rings. The summed E-state index contributed by atoms with van der Waals surface area (Å²) in [5.74, 6) is 9.44. The molecule has 0 aliphatic heterocycles. The Morgan fingerprint density at radius 2 is 2.33 bits per heavy atom. The highest BCUT2D eigenvalue weighted by Crippen LogP contribution is 2.19. The lowest BCUT2D eigenvalue weighted by Gasteiger charge is -2.06. The second kappa shape index (κ2) is 3.44. The van der Waals surface area contributed by atoms with Crippen molar-refractivity contribution in [2.45, 2.75) is 19.9 Å². The number of nitrogens with one attached hydrogen (secondary N) is 1. The molecule has 3 N–H and O–H groups in total. The van der Waals surface area contributed by atoms with Crippen molar-refractivity contribution >= 4 is 0 Å². The van der Waals surface area contributed by atoms with E-state index in [0.717, 1.165) is 17.1 Å². The number of nitrogens with two attached hydrogens (primary N) is 1. The average Bonchev–Trinajstić information content (AvgIpc) is 2.34. The highest BCUT2D eigenvalue weighted by Gasteiger charge is 2.12. The Morgan fingerprint density at radius 3 is 2.67 bits per heavy atom. The molecule has 0 saturated heterocycles. The van der Waals surface area contributed by atoms with Crippen LogP contribution >= 0.6 is 0 Å². The number of furan rings is 1. The van der Waals surface area contributed by atoms with Gasteiger partial charge in [-0.25, -0.2) is 5.43 Å². The van der Waals surface area contributed by atoms with Crippen LogP contribution in [0.4, 0.5) is 0 Å². The Bertz CT molecular complexity index is 309. The monoisotopic (exact) mass is 164 g/mol. The van der Waals surface area contributed by atoms with E-state index >= 15 is 0 Å². The summed E-state index contributed by atoms with van der Waals surface area (Å²) in [7, 11) is 0. The fourth-order valence-electron chi connectivity index (χ4n) is 1.16. The molecule has 1 rings (SSSR count). The van der Waals surface area contributed by atoms with E-state index in [1.54, 1.807) is 0 Å². The summed E-state index contributed by atoms with van der Waals surface area (Å²) in [6, 6.07) is 1.63. The highest BCUT2D eigenvalue weighted by atomic mass is 16.3. The van der Waals surface area contributed by atoms with Gasteiger partial charge in [0, 0.05) is 5.56 Å². The first-order valence-electron chi connectivity index (χ1n) is 3.68. The Morgan fingerprint density at radius 1 is 1.67 bits per heavy atom. The minimum atomic E-state index is -0.262. The van der Waals surface area contributed by atoms with Gasteiger partial charge in [-0.1, -0.05) is 5.92 Å². The van der Waals surface area contributed by atoms with Gasteiger partial charge < -0.3 is 4.42 Å². The van der Waals surface area contributed by atoms with Gasteiger partial charge in [0.1, 0.15) is 17.6 Å². The molecule has 0 amide bonds. The van der Waals surface area contributed by atoms with E-state index in [1.807, 2.05) is 19.9 Å². The van der Waals surface area contributed by atoms with Crippen LogP contribution in [-0.4, -0.2) is 0 Å². The predicted octanol–water partition coefficient (Wildman–Crippen LogP) is 1.03. The van der Waals surface area contributed by atoms with Crippen LogP contribution in [0.25, 0.3) is 0 Å². The summed E-state index contributed by atoms with van der Waals surface area (Å²) >= 11 is 0. The van der Waals surface area contributed by atoms with E-state index in [0.29, 0.717) is 0 Å². The highest BCUT2D eigenvalue weighted by molar-refractivity contribution is 5.29. The van der Waals surface area contributed by atoms with Crippen LogP contribution in [0.1, 0.15) is 23.1 Å². The van der Waals surface area contributed by atoms with Crippen LogP contribution in [0.3, 0.4) is 0 Å². The van der Waals surface area contributed by atoms with Crippen LogP contribution in [0.5, 0.6) is 0 Å². The normalized spacial score (nSPS) is 12.5. The van der Waals surface area contributed by atoms with Crippen LogP contribution in [0.15, 0.2) is 10.5 Å². The number of hydrogen-bond acceptors (Lipinski definition) is 3. The maximum absolute atomic E-state index is 5.31. The molecule has 0 saturated carbocycles. The molecule has 1 unspecified atom stereocenters. The standard InChI is InChI=1S/C9H12N2O/c1-4-9(11-10)8-5-6(2)12-7(8)3/h1,5,9,11H,10H2,2-3H3. The quantitative estimate of drug-likeness (QED) is 0.390. The summed E-state index contributed by atoms with van der Waals surface area (Å²) in [6.45, 7) is 3.74. The molecule has 12 heavy (non-hydrogen) atoms. The molecular weight excluding hydrogens is 152 g/mol. The van der Waals surface area contributed by atoms with E-state index in [2.05, 4.69) is 11.3 Å². The molecule has 0 aliphatic rings. The molecule has 1 aromatic heterocycles. The zero-order valence-corrected chi connectivity index (χ0v) is 7.22. The average molecular weight is 164 g/mol. The summed E-state index contributed by atoms with van der Waals surface area (Å²) in [6.07, 6.45) is 5.26. The van der Waals surface area contributed by atoms with Gasteiger partial charge in [0.05, 0.1) is 0 Å². The van der Waals surface area contributed by atoms with Crippen molar-refractivity contribution < 1.29 is 4.42 Å². The van der Waals surface area contributed by atoms with Crippen molar-refractivity contribution in [3.63, 3.8) is 0 Å². The molecule has 0 fully saturated rings. The number of terminal acetylenes is 1. The van der Waals surface area contributed by atoms with Gasteiger partial charge in [-0.05, 0) is 19.9 Å². The topological polar surface area (TPSA) is 51.2 Å². The maximum Gasteiger partial charge on any atom is 0.110 e. The summed E-state index contributed by atoms with van der Waals surface area (Å²) in [4.78, 5) is 0. The number of rotatable bonds is 2. The lowest BCUT2D eigenvalue weighted by molar-refractivity contribution is 0.497. The first-order valence-corrected chi connectivity index (χ1v) is 3.68. The molecule has 0 bridgehead atoms. The van der Waals surface area contributed by atoms with Crippen molar-refractivity contribution in [1.82, 2.24) is 5.43 Å². The first-order chi connectivity index (χ1) is 5.69. The second-order valence-corrected chi connectivity index (χ2v) is 2.63. The molecule has 1 atom stereocenters. The molecule has 64 valence electrons. The Hall–Kier alpha value is -1.24. The number of hydrogen-bond donors (Lipinski definition) is 2. The first kappa shape index (κ1) is 8.85. The lowest BCUT2D eigenvalue weighted by Crippen LogP contribution is -2.26. The van der Waals surface area contributed by atoms with Gasteiger partial charge >= 0.3 is 0 Å². The molecule has 0 aromatic carbocycles. The largest absolute Gasteiger partial charge is 0.466 e. The van der Waals surface area contributed by atoms with Gasteiger partial charge in [0.25, 0.3) is 0 Å². The molecule has 3 heteroatoms. The zero-order valence-electron chi connectivity index (χ0n) is 7.22. The Kier molecular flexibility index (Phi) is 2.54. The smallest absolute Gasteiger partial charge is 0.110 e. The number of hydrazine groups is 1. The molecule has 0 spiro atoms. The van der Waals surface area contributed by atoms with E-state index in [4.69, 9.17) is 16.7 Å². The molecule has 3 nitrogen and oxygen atoms in total. The second-order valence-electron chi connectivity index (χ2n) is 2.63. The molecule has 0 aliphatic carbocycles. The van der Waals surface area contributed by atoms with Crippen molar-refractivity contribution in [3.8, 4) is 12.3 Å².